The molecule has 0 bridgehead atoms. The van der Waals surface area contributed by atoms with Gasteiger partial charge in [-0.05, 0) is 18.9 Å². The Kier molecular flexibility index (Phi) is 2.41. The molecular formula is C12H12N2O3S. The minimum absolute atomic E-state index is 0.170. The lowest BCUT2D eigenvalue weighted by Gasteiger charge is -2.07. The maximum Gasteiger partial charge on any atom is 0.222 e. The Morgan fingerprint density at radius 2 is 2.00 bits per heavy atom. The molecule has 2 N–H and O–H groups in total. The van der Waals surface area contributed by atoms with Gasteiger partial charge in [0.1, 0.15) is 5.69 Å². The van der Waals surface area contributed by atoms with E-state index in [-0.39, 0.29) is 11.1 Å². The number of aromatic nitrogens is 1. The Labute approximate surface area is 105 Å². The number of nitrogens with two attached hydrogens (primary N) is 1. The molecule has 0 atom stereocenters. The van der Waals surface area contributed by atoms with E-state index in [0.717, 1.165) is 12.8 Å². The molecule has 0 amide bonds. The van der Waals surface area contributed by atoms with Crippen molar-refractivity contribution < 1.29 is 12.9 Å². The lowest BCUT2D eigenvalue weighted by molar-refractivity contribution is 0.439. The van der Waals surface area contributed by atoms with Gasteiger partial charge in [0.2, 0.25) is 5.88 Å². The number of rotatable bonds is 3. The number of hydrogen-bond donors (Lipinski definition) is 1. The predicted molar refractivity (Wildman–Crippen MR) is 66.6 cm³/mol. The minimum Gasteiger partial charge on any atom is -0.368 e. The highest BCUT2D eigenvalue weighted by Gasteiger charge is 2.38. The summed E-state index contributed by atoms with van der Waals surface area (Å²) in [5.41, 5.74) is 6.47. The van der Waals surface area contributed by atoms with Crippen molar-refractivity contribution in [2.24, 2.45) is 0 Å². The Bertz CT molecular complexity index is 687. The SMILES string of the molecule is Nc1cc(-c2ccccc2S(=O)(=O)C2CC2)no1. The summed E-state index contributed by atoms with van der Waals surface area (Å²) in [4.78, 5) is 0.306. The van der Waals surface area contributed by atoms with E-state index >= 15 is 0 Å². The number of nitrogen functional groups attached to an aromatic ring is 1. The van der Waals surface area contributed by atoms with Crippen molar-refractivity contribution in [3.8, 4) is 11.3 Å². The normalized spacial score (nSPS) is 15.8. The second-order valence-corrected chi connectivity index (χ2v) is 6.55. The second kappa shape index (κ2) is 3.84. The third-order valence-electron chi connectivity index (χ3n) is 2.96. The lowest BCUT2D eigenvalue weighted by atomic mass is 10.1. The summed E-state index contributed by atoms with van der Waals surface area (Å²) in [6, 6.07) is 8.33. The molecule has 1 fully saturated rings. The molecule has 1 aliphatic carbocycles. The third kappa shape index (κ3) is 1.78. The van der Waals surface area contributed by atoms with Crippen LogP contribution in [-0.2, 0) is 9.84 Å². The van der Waals surface area contributed by atoms with Gasteiger partial charge < -0.3 is 10.3 Å². The maximum atomic E-state index is 12.3. The minimum atomic E-state index is -3.26. The number of nitrogens with zero attached hydrogens (tertiary/aromatic N) is 1. The first-order valence-corrected chi connectivity index (χ1v) is 7.19. The highest BCUT2D eigenvalue weighted by molar-refractivity contribution is 7.92. The number of benzene rings is 1. The van der Waals surface area contributed by atoms with Crippen molar-refractivity contribution in [3.63, 3.8) is 0 Å². The molecule has 3 rings (SSSR count). The topological polar surface area (TPSA) is 86.2 Å². The number of hydrogen-bond acceptors (Lipinski definition) is 5. The van der Waals surface area contributed by atoms with Crippen LogP contribution in [0.4, 0.5) is 5.88 Å². The summed E-state index contributed by atoms with van der Waals surface area (Å²) < 4.78 is 29.4. The van der Waals surface area contributed by atoms with E-state index in [1.54, 1.807) is 24.3 Å². The zero-order valence-corrected chi connectivity index (χ0v) is 10.4. The molecule has 1 aliphatic rings. The van der Waals surface area contributed by atoms with Crippen molar-refractivity contribution in [1.82, 2.24) is 5.16 Å². The largest absolute Gasteiger partial charge is 0.368 e. The van der Waals surface area contributed by atoms with E-state index in [4.69, 9.17) is 10.3 Å². The van der Waals surface area contributed by atoms with Gasteiger partial charge in [-0.25, -0.2) is 8.42 Å². The van der Waals surface area contributed by atoms with Crippen molar-refractivity contribution in [2.45, 2.75) is 23.0 Å². The Balaban J connectivity index is 2.16. The van der Waals surface area contributed by atoms with Crippen LogP contribution in [0.15, 0.2) is 39.8 Å². The van der Waals surface area contributed by atoms with E-state index in [1.807, 2.05) is 0 Å². The van der Waals surface area contributed by atoms with Gasteiger partial charge in [-0.15, -0.1) is 0 Å². The molecule has 0 spiro atoms. The van der Waals surface area contributed by atoms with Crippen LogP contribution < -0.4 is 5.73 Å². The summed E-state index contributed by atoms with van der Waals surface area (Å²) in [5.74, 6) is 0.170. The van der Waals surface area contributed by atoms with Crippen LogP contribution in [0, 0.1) is 0 Å². The van der Waals surface area contributed by atoms with Crippen molar-refractivity contribution in [3.05, 3.63) is 30.3 Å². The molecule has 18 heavy (non-hydrogen) atoms. The van der Waals surface area contributed by atoms with Gasteiger partial charge >= 0.3 is 0 Å². The van der Waals surface area contributed by atoms with Gasteiger partial charge in [0.25, 0.3) is 0 Å². The van der Waals surface area contributed by atoms with Crippen molar-refractivity contribution in [1.29, 1.82) is 0 Å². The van der Waals surface area contributed by atoms with Crippen LogP contribution in [0.3, 0.4) is 0 Å². The fourth-order valence-corrected chi connectivity index (χ4v) is 3.76. The van der Waals surface area contributed by atoms with Crippen LogP contribution in [0.25, 0.3) is 11.3 Å². The monoisotopic (exact) mass is 264 g/mol. The van der Waals surface area contributed by atoms with Gasteiger partial charge in [-0.1, -0.05) is 23.4 Å². The number of sulfone groups is 1. The van der Waals surface area contributed by atoms with Crippen LogP contribution in [-0.4, -0.2) is 18.8 Å². The molecule has 0 radical (unpaired) electrons. The highest BCUT2D eigenvalue weighted by Crippen LogP contribution is 2.37. The molecule has 6 heteroatoms. The molecule has 0 saturated heterocycles. The standard InChI is InChI=1S/C12H12N2O3S/c13-12-7-10(14-17-12)9-3-1-2-4-11(9)18(15,16)8-5-6-8/h1-4,7-8H,5-6,13H2. The van der Waals surface area contributed by atoms with Gasteiger partial charge in [0, 0.05) is 11.6 Å². The molecule has 0 unspecified atom stereocenters. The van der Waals surface area contributed by atoms with Crippen LogP contribution in [0.1, 0.15) is 12.8 Å². The molecule has 0 aliphatic heterocycles. The predicted octanol–water partition coefficient (Wildman–Crippen LogP) is 1.86. The average molecular weight is 264 g/mol. The molecule has 2 aromatic rings. The van der Waals surface area contributed by atoms with Crippen LogP contribution >= 0.6 is 0 Å². The molecule has 1 heterocycles. The van der Waals surface area contributed by atoms with Crippen molar-refractivity contribution >= 4 is 15.7 Å². The first-order chi connectivity index (χ1) is 8.59. The third-order valence-corrected chi connectivity index (χ3v) is 5.28. The van der Waals surface area contributed by atoms with Crippen LogP contribution in [0.5, 0.6) is 0 Å². The first-order valence-electron chi connectivity index (χ1n) is 5.64. The zero-order chi connectivity index (χ0) is 12.8. The summed E-state index contributed by atoms with van der Waals surface area (Å²) >= 11 is 0. The van der Waals surface area contributed by atoms with E-state index in [9.17, 15) is 8.42 Å². The molecule has 5 nitrogen and oxygen atoms in total. The van der Waals surface area contributed by atoms with Gasteiger partial charge in [0.05, 0.1) is 10.1 Å². The van der Waals surface area contributed by atoms with Crippen LogP contribution in [0.2, 0.25) is 0 Å². The van der Waals surface area contributed by atoms with Gasteiger partial charge in [-0.3, -0.25) is 0 Å². The number of anilines is 1. The molecule has 1 aromatic heterocycles. The summed E-state index contributed by atoms with van der Waals surface area (Å²) in [7, 11) is -3.26. The van der Waals surface area contributed by atoms with E-state index in [0.29, 0.717) is 16.2 Å². The highest BCUT2D eigenvalue weighted by atomic mass is 32.2. The Hall–Kier alpha value is -1.82. The Morgan fingerprint density at radius 1 is 1.28 bits per heavy atom. The maximum absolute atomic E-state index is 12.3. The van der Waals surface area contributed by atoms with Gasteiger partial charge in [0.15, 0.2) is 9.84 Å². The fourth-order valence-electron chi connectivity index (χ4n) is 1.90. The quantitative estimate of drug-likeness (QED) is 0.914. The molecule has 94 valence electrons. The molecular weight excluding hydrogens is 252 g/mol. The second-order valence-electron chi connectivity index (χ2n) is 4.36. The molecule has 1 aromatic carbocycles. The smallest absolute Gasteiger partial charge is 0.222 e. The molecule has 1 saturated carbocycles. The average Bonchev–Trinajstić information content (AvgIpc) is 3.13. The zero-order valence-electron chi connectivity index (χ0n) is 9.54. The Morgan fingerprint density at radius 3 is 2.61 bits per heavy atom. The fraction of sp³-hybridized carbons (Fsp3) is 0.250. The summed E-state index contributed by atoms with van der Waals surface area (Å²) in [5, 5.41) is 3.53. The van der Waals surface area contributed by atoms with E-state index < -0.39 is 9.84 Å². The summed E-state index contributed by atoms with van der Waals surface area (Å²) in [6.07, 6.45) is 1.47. The van der Waals surface area contributed by atoms with Crippen molar-refractivity contribution in [2.75, 3.05) is 5.73 Å². The first kappa shape index (κ1) is 11.3. The summed E-state index contributed by atoms with van der Waals surface area (Å²) in [6.45, 7) is 0. The van der Waals surface area contributed by atoms with E-state index in [2.05, 4.69) is 5.16 Å². The van der Waals surface area contributed by atoms with E-state index in [1.165, 1.54) is 6.07 Å². The lowest BCUT2D eigenvalue weighted by Crippen LogP contribution is -2.08. The van der Waals surface area contributed by atoms with Gasteiger partial charge in [-0.2, -0.15) is 0 Å².